The van der Waals surface area contributed by atoms with Crippen molar-refractivity contribution in [2.45, 2.75) is 122 Å². The van der Waals surface area contributed by atoms with Crippen LogP contribution in [0.1, 0.15) is 110 Å². The van der Waals surface area contributed by atoms with E-state index in [1.165, 1.54) is 83.5 Å². The molecule has 0 saturated heterocycles. The first-order valence-corrected chi connectivity index (χ1v) is 9.71. The third-order valence-electron chi connectivity index (χ3n) is 4.51. The first kappa shape index (κ1) is 28.3. The Morgan fingerprint density at radius 2 is 0.783 bits per heavy atom. The van der Waals surface area contributed by atoms with E-state index in [-0.39, 0.29) is 24.8 Å². The molecule has 0 fully saturated rings. The Morgan fingerprint density at radius 1 is 0.478 bits per heavy atom. The van der Waals surface area contributed by atoms with Gasteiger partial charge in [0.15, 0.2) is 0 Å². The second kappa shape index (κ2) is 22.5. The highest BCUT2D eigenvalue weighted by Crippen LogP contribution is 2.13. The van der Waals surface area contributed by atoms with Crippen LogP contribution < -0.4 is 11.5 Å². The minimum atomic E-state index is 0. The summed E-state index contributed by atoms with van der Waals surface area (Å²) in [4.78, 5) is 0. The second-order valence-electron chi connectivity index (χ2n) is 6.86. The van der Waals surface area contributed by atoms with E-state index in [4.69, 9.17) is 11.5 Å². The zero-order valence-corrected chi connectivity index (χ0v) is 17.4. The molecule has 0 aliphatic heterocycles. The summed E-state index contributed by atoms with van der Waals surface area (Å²) in [5.74, 6) is 0. The van der Waals surface area contributed by atoms with Crippen molar-refractivity contribution >= 4 is 24.8 Å². The molecule has 0 saturated carbocycles. The lowest BCUT2D eigenvalue weighted by molar-refractivity contribution is 0.456. The van der Waals surface area contributed by atoms with Crippen molar-refractivity contribution < 1.29 is 0 Å². The maximum Gasteiger partial charge on any atom is 0.00388 e. The molecule has 0 aliphatic rings. The van der Waals surface area contributed by atoms with Crippen LogP contribution in [0.3, 0.4) is 0 Å². The highest BCUT2D eigenvalue weighted by Gasteiger charge is 2.06. The fourth-order valence-electron chi connectivity index (χ4n) is 2.95. The number of halogens is 2. The van der Waals surface area contributed by atoms with Gasteiger partial charge in [-0.3, -0.25) is 0 Å². The quantitative estimate of drug-likeness (QED) is 0.309. The molecule has 0 bridgehead atoms. The van der Waals surface area contributed by atoms with Crippen molar-refractivity contribution in [2.75, 3.05) is 0 Å². The van der Waals surface area contributed by atoms with E-state index in [1.54, 1.807) is 0 Å². The third kappa shape index (κ3) is 22.5. The first-order chi connectivity index (χ1) is 10.2. The van der Waals surface area contributed by atoms with Crippen LogP contribution in [0.2, 0.25) is 0 Å². The summed E-state index contributed by atoms with van der Waals surface area (Å²) in [7, 11) is 0. The Bertz CT molecular complexity index is 184. The largest absolute Gasteiger partial charge is 0.328 e. The van der Waals surface area contributed by atoms with Gasteiger partial charge in [0.1, 0.15) is 0 Å². The SMILES string of the molecule is CCCCCCCC(N)CCCC(N)CCCCCCC.Cl.Cl. The van der Waals surface area contributed by atoms with Crippen LogP contribution in [0.5, 0.6) is 0 Å². The van der Waals surface area contributed by atoms with E-state index in [1.807, 2.05) is 0 Å². The lowest BCUT2D eigenvalue weighted by atomic mass is 9.98. The molecule has 0 aromatic rings. The van der Waals surface area contributed by atoms with Gasteiger partial charge < -0.3 is 11.5 Å². The van der Waals surface area contributed by atoms with Crippen LogP contribution in [0.4, 0.5) is 0 Å². The molecule has 4 heteroatoms. The third-order valence-corrected chi connectivity index (χ3v) is 4.51. The lowest BCUT2D eigenvalue weighted by Gasteiger charge is -2.14. The van der Waals surface area contributed by atoms with Crippen molar-refractivity contribution in [1.29, 1.82) is 0 Å². The second-order valence-corrected chi connectivity index (χ2v) is 6.86. The van der Waals surface area contributed by atoms with Crippen LogP contribution in [0.15, 0.2) is 0 Å². The van der Waals surface area contributed by atoms with Gasteiger partial charge >= 0.3 is 0 Å². The molecule has 0 aromatic heterocycles. The molecule has 144 valence electrons. The van der Waals surface area contributed by atoms with Gasteiger partial charge in [0.2, 0.25) is 0 Å². The zero-order chi connectivity index (χ0) is 15.8. The van der Waals surface area contributed by atoms with Crippen molar-refractivity contribution in [2.24, 2.45) is 11.5 Å². The minimum absolute atomic E-state index is 0. The number of unbranched alkanes of at least 4 members (excludes halogenated alkanes) is 8. The van der Waals surface area contributed by atoms with Crippen molar-refractivity contribution in [1.82, 2.24) is 0 Å². The smallest absolute Gasteiger partial charge is 0.00388 e. The van der Waals surface area contributed by atoms with E-state index < -0.39 is 0 Å². The van der Waals surface area contributed by atoms with Gasteiger partial charge in [0.05, 0.1) is 0 Å². The summed E-state index contributed by atoms with van der Waals surface area (Å²) >= 11 is 0. The number of rotatable bonds is 16. The van der Waals surface area contributed by atoms with Gasteiger partial charge in [0, 0.05) is 12.1 Å². The minimum Gasteiger partial charge on any atom is -0.328 e. The molecule has 2 atom stereocenters. The molecule has 0 radical (unpaired) electrons. The molecule has 0 rings (SSSR count). The summed E-state index contributed by atoms with van der Waals surface area (Å²) < 4.78 is 0. The van der Waals surface area contributed by atoms with Gasteiger partial charge in [-0.2, -0.15) is 0 Å². The van der Waals surface area contributed by atoms with Crippen molar-refractivity contribution in [3.63, 3.8) is 0 Å². The van der Waals surface area contributed by atoms with Crippen LogP contribution >= 0.6 is 24.8 Å². The number of hydrogen-bond donors (Lipinski definition) is 2. The van der Waals surface area contributed by atoms with Gasteiger partial charge in [-0.05, 0) is 25.7 Å². The summed E-state index contributed by atoms with van der Waals surface area (Å²) in [6, 6.07) is 0.812. The molecule has 23 heavy (non-hydrogen) atoms. The van der Waals surface area contributed by atoms with Crippen LogP contribution in [0.25, 0.3) is 0 Å². The molecular weight excluding hydrogens is 327 g/mol. The maximum absolute atomic E-state index is 6.19. The fourth-order valence-corrected chi connectivity index (χ4v) is 2.95. The highest BCUT2D eigenvalue weighted by atomic mass is 35.5. The van der Waals surface area contributed by atoms with E-state index in [2.05, 4.69) is 13.8 Å². The average molecular weight is 371 g/mol. The molecule has 2 unspecified atom stereocenters. The molecule has 0 amide bonds. The molecule has 0 aromatic carbocycles. The highest BCUT2D eigenvalue weighted by molar-refractivity contribution is 5.85. The molecule has 2 nitrogen and oxygen atoms in total. The first-order valence-electron chi connectivity index (χ1n) is 9.71. The van der Waals surface area contributed by atoms with Crippen molar-refractivity contribution in [3.8, 4) is 0 Å². The van der Waals surface area contributed by atoms with Crippen molar-refractivity contribution in [3.05, 3.63) is 0 Å². The van der Waals surface area contributed by atoms with E-state index in [0.29, 0.717) is 12.1 Å². The molecule has 4 N–H and O–H groups in total. The zero-order valence-electron chi connectivity index (χ0n) is 15.7. The Labute approximate surface area is 158 Å². The molecule has 0 heterocycles. The van der Waals surface area contributed by atoms with Crippen LogP contribution in [-0.2, 0) is 0 Å². The Hall–Kier alpha value is 0.500. The fraction of sp³-hybridized carbons (Fsp3) is 1.00. The van der Waals surface area contributed by atoms with Gasteiger partial charge in [0.25, 0.3) is 0 Å². The Balaban J connectivity index is -0.00000200. The number of hydrogen-bond acceptors (Lipinski definition) is 2. The summed E-state index contributed by atoms with van der Waals surface area (Å²) in [6.07, 6.45) is 19.5. The van der Waals surface area contributed by atoms with E-state index >= 15 is 0 Å². The average Bonchev–Trinajstić information content (AvgIpc) is 2.47. The lowest BCUT2D eigenvalue weighted by Crippen LogP contribution is -2.23. The molecule has 0 spiro atoms. The normalized spacial score (nSPS) is 13.0. The number of nitrogens with two attached hydrogens (primary N) is 2. The molecular formula is C19H44Cl2N2. The summed E-state index contributed by atoms with van der Waals surface area (Å²) in [5.41, 5.74) is 12.4. The van der Waals surface area contributed by atoms with E-state index in [9.17, 15) is 0 Å². The predicted molar refractivity (Wildman–Crippen MR) is 111 cm³/mol. The molecule has 0 aliphatic carbocycles. The summed E-state index contributed by atoms with van der Waals surface area (Å²) in [6.45, 7) is 4.53. The summed E-state index contributed by atoms with van der Waals surface area (Å²) in [5, 5.41) is 0. The van der Waals surface area contributed by atoms with Crippen LogP contribution in [-0.4, -0.2) is 12.1 Å². The standard InChI is InChI=1S/C19H42N2.2ClH/c1-3-5-7-9-11-14-18(20)16-13-17-19(21)15-12-10-8-6-4-2;;/h18-19H,3-17,20-21H2,1-2H3;2*1H. The predicted octanol–water partition coefficient (Wildman–Crippen LogP) is 6.38. The maximum atomic E-state index is 6.19. The Kier molecular flexibility index (Phi) is 27.7. The van der Waals surface area contributed by atoms with Crippen LogP contribution in [0, 0.1) is 0 Å². The Morgan fingerprint density at radius 3 is 1.13 bits per heavy atom. The topological polar surface area (TPSA) is 52.0 Å². The van der Waals surface area contributed by atoms with Gasteiger partial charge in [-0.25, -0.2) is 0 Å². The monoisotopic (exact) mass is 370 g/mol. The van der Waals surface area contributed by atoms with Gasteiger partial charge in [-0.15, -0.1) is 24.8 Å². The van der Waals surface area contributed by atoms with Gasteiger partial charge in [-0.1, -0.05) is 84.5 Å². The van der Waals surface area contributed by atoms with E-state index in [0.717, 1.165) is 12.8 Å².